The number of nitrogens with zero attached hydrogens (tertiary/aromatic N) is 2. The molecule has 0 aliphatic carbocycles. The van der Waals surface area contributed by atoms with Crippen LogP contribution in [-0.2, 0) is 11.9 Å². The molecule has 0 fully saturated rings. The molecule has 0 atom stereocenters. The monoisotopic (exact) mass is 312 g/mol. The van der Waals surface area contributed by atoms with Crippen LogP contribution in [0.25, 0.3) is 0 Å². The Morgan fingerprint density at radius 3 is 2.52 bits per heavy atom. The number of thioether (sulfide) groups is 1. The summed E-state index contributed by atoms with van der Waals surface area (Å²) in [5, 5.41) is 9.28. The van der Waals surface area contributed by atoms with Crippen LogP contribution in [0.15, 0.2) is 41.6 Å². The molecule has 1 aromatic carbocycles. The Morgan fingerprint density at radius 1 is 1.19 bits per heavy atom. The van der Waals surface area contributed by atoms with Gasteiger partial charge < -0.3 is 0 Å². The maximum atomic E-state index is 13.1. The van der Waals surface area contributed by atoms with Gasteiger partial charge in [0.05, 0.1) is 22.2 Å². The average molecular weight is 312 g/mol. The molecule has 1 aromatic heterocycles. The van der Waals surface area contributed by atoms with Crippen molar-refractivity contribution in [3.63, 3.8) is 0 Å². The smallest absolute Gasteiger partial charge is 0.249 e. The van der Waals surface area contributed by atoms with Crippen molar-refractivity contribution in [3.05, 3.63) is 59.0 Å². The van der Waals surface area contributed by atoms with Crippen LogP contribution in [0.5, 0.6) is 0 Å². The van der Waals surface area contributed by atoms with Crippen molar-refractivity contribution in [3.8, 4) is 6.07 Å². The molecule has 108 valence electrons. The van der Waals surface area contributed by atoms with Crippen LogP contribution in [0.2, 0.25) is 0 Å². The van der Waals surface area contributed by atoms with E-state index in [1.807, 2.05) is 6.07 Å². The van der Waals surface area contributed by atoms with Crippen molar-refractivity contribution < 1.29 is 17.6 Å². The van der Waals surface area contributed by atoms with Gasteiger partial charge in [-0.25, -0.2) is 9.37 Å². The lowest BCUT2D eigenvalue weighted by Crippen LogP contribution is -2.05. The molecule has 0 bridgehead atoms. The molecule has 0 aliphatic rings. The Morgan fingerprint density at radius 2 is 1.95 bits per heavy atom. The minimum atomic E-state index is -4.42. The molecule has 2 rings (SSSR count). The highest BCUT2D eigenvalue weighted by Gasteiger charge is 2.30. The number of pyridine rings is 1. The predicted octanol–water partition coefficient (Wildman–Crippen LogP) is 4.40. The molecule has 0 saturated heterocycles. The average Bonchev–Trinajstić information content (AvgIpc) is 2.45. The second-order valence-corrected chi connectivity index (χ2v) is 5.08. The van der Waals surface area contributed by atoms with E-state index in [0.717, 1.165) is 24.0 Å². The molecule has 2 aromatic rings. The minimum absolute atomic E-state index is 0.249. The lowest BCUT2D eigenvalue weighted by molar-refractivity contribution is -0.137. The Labute approximate surface area is 122 Å². The molecule has 0 N–H and O–H groups in total. The SMILES string of the molecule is N#Cc1ccc(F)cc1CSc1ccc(C(F)(F)F)cn1. The number of rotatable bonds is 3. The highest BCUT2D eigenvalue weighted by atomic mass is 32.2. The summed E-state index contributed by atoms with van der Waals surface area (Å²) in [6.07, 6.45) is -3.67. The first-order valence-electron chi connectivity index (χ1n) is 5.75. The van der Waals surface area contributed by atoms with Crippen molar-refractivity contribution in [2.75, 3.05) is 0 Å². The van der Waals surface area contributed by atoms with Crippen molar-refractivity contribution in [1.29, 1.82) is 5.26 Å². The Kier molecular flexibility index (Phi) is 4.48. The normalized spacial score (nSPS) is 11.2. The van der Waals surface area contributed by atoms with Gasteiger partial charge in [-0.1, -0.05) is 0 Å². The summed E-state index contributed by atoms with van der Waals surface area (Å²) in [5.74, 6) is -0.219. The van der Waals surface area contributed by atoms with Gasteiger partial charge in [-0.2, -0.15) is 18.4 Å². The first kappa shape index (κ1) is 15.3. The van der Waals surface area contributed by atoms with Gasteiger partial charge in [0, 0.05) is 11.9 Å². The van der Waals surface area contributed by atoms with Crippen LogP contribution < -0.4 is 0 Å². The van der Waals surface area contributed by atoms with Gasteiger partial charge in [0.15, 0.2) is 0 Å². The number of benzene rings is 1. The fraction of sp³-hybridized carbons (Fsp3) is 0.143. The van der Waals surface area contributed by atoms with Crippen LogP contribution in [0.1, 0.15) is 16.7 Å². The van der Waals surface area contributed by atoms with Crippen LogP contribution in [0.4, 0.5) is 17.6 Å². The third-order valence-electron chi connectivity index (χ3n) is 2.63. The standard InChI is InChI=1S/C14H8F4N2S/c15-12-3-1-9(6-19)10(5-12)8-21-13-4-2-11(7-20-13)14(16,17)18/h1-5,7H,8H2. The Hall–Kier alpha value is -2.07. The summed E-state index contributed by atoms with van der Waals surface area (Å²) < 4.78 is 50.3. The van der Waals surface area contributed by atoms with E-state index in [9.17, 15) is 17.6 Å². The third-order valence-corrected chi connectivity index (χ3v) is 3.62. The molecule has 1 heterocycles. The minimum Gasteiger partial charge on any atom is -0.249 e. The zero-order valence-electron chi connectivity index (χ0n) is 10.5. The lowest BCUT2D eigenvalue weighted by Gasteiger charge is -2.07. The quantitative estimate of drug-likeness (QED) is 0.622. The lowest BCUT2D eigenvalue weighted by atomic mass is 10.1. The van der Waals surface area contributed by atoms with Crippen molar-refractivity contribution in [1.82, 2.24) is 4.98 Å². The fourth-order valence-corrected chi connectivity index (χ4v) is 2.41. The molecular formula is C14H8F4N2S. The molecule has 0 amide bonds. The van der Waals surface area contributed by atoms with Gasteiger partial charge in [0.2, 0.25) is 0 Å². The van der Waals surface area contributed by atoms with E-state index in [-0.39, 0.29) is 5.75 Å². The highest BCUT2D eigenvalue weighted by Crippen LogP contribution is 2.30. The van der Waals surface area contributed by atoms with Gasteiger partial charge in [0.1, 0.15) is 5.82 Å². The van der Waals surface area contributed by atoms with Crippen molar-refractivity contribution >= 4 is 11.8 Å². The van der Waals surface area contributed by atoms with Crippen LogP contribution in [-0.4, -0.2) is 4.98 Å². The third kappa shape index (κ3) is 3.95. The molecule has 21 heavy (non-hydrogen) atoms. The fourth-order valence-electron chi connectivity index (χ4n) is 1.58. The van der Waals surface area contributed by atoms with Gasteiger partial charge in [0.25, 0.3) is 0 Å². The Balaban J connectivity index is 2.10. The van der Waals surface area contributed by atoms with Gasteiger partial charge in [-0.3, -0.25) is 0 Å². The molecule has 0 radical (unpaired) electrons. The van der Waals surface area contributed by atoms with E-state index in [1.54, 1.807) is 0 Å². The molecule has 0 aliphatic heterocycles. The first-order chi connectivity index (χ1) is 9.90. The topological polar surface area (TPSA) is 36.7 Å². The molecular weight excluding hydrogens is 304 g/mol. The molecule has 7 heteroatoms. The number of nitriles is 1. The summed E-state index contributed by atoms with van der Waals surface area (Å²) in [6.45, 7) is 0. The van der Waals surface area contributed by atoms with Crippen molar-refractivity contribution in [2.24, 2.45) is 0 Å². The first-order valence-corrected chi connectivity index (χ1v) is 6.73. The summed E-state index contributed by atoms with van der Waals surface area (Å²) in [4.78, 5) is 3.70. The molecule has 0 spiro atoms. The highest BCUT2D eigenvalue weighted by molar-refractivity contribution is 7.98. The molecule has 0 saturated carbocycles. The maximum Gasteiger partial charge on any atom is 0.417 e. The van der Waals surface area contributed by atoms with Gasteiger partial charge in [-0.15, -0.1) is 11.8 Å². The maximum absolute atomic E-state index is 13.1. The summed E-state index contributed by atoms with van der Waals surface area (Å²) in [5.41, 5.74) is -0.0182. The zero-order valence-corrected chi connectivity index (χ0v) is 11.3. The summed E-state index contributed by atoms with van der Waals surface area (Å²) in [7, 11) is 0. The molecule has 2 nitrogen and oxygen atoms in total. The van der Waals surface area contributed by atoms with Crippen molar-refractivity contribution in [2.45, 2.75) is 17.0 Å². The van der Waals surface area contributed by atoms with Crippen LogP contribution >= 0.6 is 11.8 Å². The second-order valence-electron chi connectivity index (χ2n) is 4.08. The van der Waals surface area contributed by atoms with E-state index in [1.165, 1.54) is 24.3 Å². The number of aromatic nitrogens is 1. The molecule has 0 unspecified atom stereocenters. The number of hydrogen-bond acceptors (Lipinski definition) is 3. The van der Waals surface area contributed by atoms with Crippen LogP contribution in [0.3, 0.4) is 0 Å². The summed E-state index contributed by atoms with van der Waals surface area (Å²) >= 11 is 1.13. The van der Waals surface area contributed by atoms with Gasteiger partial charge in [-0.05, 0) is 35.9 Å². The summed E-state index contributed by atoms with van der Waals surface area (Å²) in [6, 6.07) is 7.91. The Bertz CT molecular complexity index is 675. The van der Waals surface area contributed by atoms with Crippen LogP contribution in [0, 0.1) is 17.1 Å². The zero-order chi connectivity index (χ0) is 15.5. The predicted molar refractivity (Wildman–Crippen MR) is 69.9 cm³/mol. The number of alkyl halides is 3. The van der Waals surface area contributed by atoms with E-state index < -0.39 is 17.6 Å². The van der Waals surface area contributed by atoms with Gasteiger partial charge >= 0.3 is 6.18 Å². The number of hydrogen-bond donors (Lipinski definition) is 0. The van der Waals surface area contributed by atoms with E-state index >= 15 is 0 Å². The van der Waals surface area contributed by atoms with E-state index in [2.05, 4.69) is 4.98 Å². The number of halogens is 4. The largest absolute Gasteiger partial charge is 0.417 e. The van der Waals surface area contributed by atoms with E-state index in [0.29, 0.717) is 16.2 Å². The second kappa shape index (κ2) is 6.14. The van der Waals surface area contributed by atoms with E-state index in [4.69, 9.17) is 5.26 Å².